The van der Waals surface area contributed by atoms with Gasteiger partial charge < -0.3 is 20.2 Å². The summed E-state index contributed by atoms with van der Waals surface area (Å²) in [5.41, 5.74) is 7.58. The molecule has 0 bridgehead atoms. The van der Waals surface area contributed by atoms with Gasteiger partial charge in [-0.15, -0.1) is 0 Å². The van der Waals surface area contributed by atoms with Gasteiger partial charge in [0.15, 0.2) is 0 Å². The average Bonchev–Trinajstić information content (AvgIpc) is 2.86. The van der Waals surface area contributed by atoms with Crippen molar-refractivity contribution in [2.75, 3.05) is 12.4 Å². The number of hydrogen-bond acceptors (Lipinski definition) is 4. The highest BCUT2D eigenvalue weighted by molar-refractivity contribution is 6.04. The van der Waals surface area contributed by atoms with Crippen molar-refractivity contribution in [3.8, 4) is 5.75 Å². The molecule has 0 saturated heterocycles. The predicted octanol–water partition coefficient (Wildman–Crippen LogP) is 2.31. The first-order chi connectivity index (χ1) is 9.13. The lowest BCUT2D eigenvalue weighted by Crippen LogP contribution is -2.12. The quantitative estimate of drug-likeness (QED) is 0.884. The van der Waals surface area contributed by atoms with E-state index in [9.17, 15) is 4.79 Å². The molecular formula is C14H16N2O3. The predicted molar refractivity (Wildman–Crippen MR) is 72.3 cm³/mol. The number of nitrogens with two attached hydrogens (primary N) is 1. The van der Waals surface area contributed by atoms with Crippen molar-refractivity contribution in [1.82, 2.24) is 0 Å². The Kier molecular flexibility index (Phi) is 3.87. The number of nitrogens with one attached hydrogen (secondary N) is 1. The molecule has 0 fully saturated rings. The first kappa shape index (κ1) is 13.2. The Balaban J connectivity index is 2.21. The number of ether oxygens (including phenoxy) is 1. The number of carbonyl (C=O) groups excluding carboxylic acids is 1. The fraction of sp³-hybridized carbons (Fsp3) is 0.214. The van der Waals surface area contributed by atoms with Crippen molar-refractivity contribution >= 4 is 11.6 Å². The van der Waals surface area contributed by atoms with Gasteiger partial charge in [0.05, 0.1) is 18.4 Å². The zero-order valence-corrected chi connectivity index (χ0v) is 10.9. The molecular weight excluding hydrogens is 244 g/mol. The van der Waals surface area contributed by atoms with Gasteiger partial charge in [-0.05, 0) is 30.7 Å². The molecule has 1 aromatic heterocycles. The van der Waals surface area contributed by atoms with Crippen LogP contribution in [0.1, 0.15) is 21.7 Å². The van der Waals surface area contributed by atoms with E-state index in [1.807, 2.05) is 6.07 Å². The molecule has 0 aliphatic rings. The molecule has 1 amide bonds. The van der Waals surface area contributed by atoms with Crippen LogP contribution in [0.4, 0.5) is 5.69 Å². The number of benzene rings is 1. The van der Waals surface area contributed by atoms with Gasteiger partial charge in [-0.1, -0.05) is 6.07 Å². The third-order valence-corrected chi connectivity index (χ3v) is 2.74. The molecule has 5 heteroatoms. The number of hydrogen-bond donors (Lipinski definition) is 2. The molecule has 2 rings (SSSR count). The summed E-state index contributed by atoms with van der Waals surface area (Å²) in [4.78, 5) is 12.0. The summed E-state index contributed by atoms with van der Waals surface area (Å²) in [5, 5.41) is 2.78. The van der Waals surface area contributed by atoms with Crippen molar-refractivity contribution in [3.63, 3.8) is 0 Å². The molecule has 5 nitrogen and oxygen atoms in total. The van der Waals surface area contributed by atoms with Crippen LogP contribution in [-0.2, 0) is 6.54 Å². The minimum atomic E-state index is -0.240. The molecule has 0 unspecified atom stereocenters. The monoisotopic (exact) mass is 260 g/mol. The molecule has 0 spiro atoms. The van der Waals surface area contributed by atoms with E-state index in [2.05, 4.69) is 5.32 Å². The lowest BCUT2D eigenvalue weighted by atomic mass is 10.2. The standard InChI is InChI=1S/C14H16N2O3/c1-9-5-11(8-19-9)14(17)16-12-4-3-10(7-15)6-13(12)18-2/h3-6,8H,7,15H2,1-2H3,(H,16,17). The molecule has 0 atom stereocenters. The number of rotatable bonds is 4. The van der Waals surface area contributed by atoms with Crippen LogP contribution in [0.3, 0.4) is 0 Å². The lowest BCUT2D eigenvalue weighted by molar-refractivity contribution is 0.102. The maximum absolute atomic E-state index is 12.0. The highest BCUT2D eigenvalue weighted by Gasteiger charge is 2.12. The number of furan rings is 1. The first-order valence-electron chi connectivity index (χ1n) is 5.87. The highest BCUT2D eigenvalue weighted by atomic mass is 16.5. The summed E-state index contributed by atoms with van der Waals surface area (Å²) in [6.45, 7) is 2.21. The van der Waals surface area contributed by atoms with Crippen LogP contribution in [0.5, 0.6) is 5.75 Å². The summed E-state index contributed by atoms with van der Waals surface area (Å²) in [5.74, 6) is 1.03. The largest absolute Gasteiger partial charge is 0.495 e. The fourth-order valence-corrected chi connectivity index (χ4v) is 1.72. The van der Waals surface area contributed by atoms with E-state index in [1.165, 1.54) is 6.26 Å². The first-order valence-corrected chi connectivity index (χ1v) is 5.87. The van der Waals surface area contributed by atoms with Crippen molar-refractivity contribution in [2.24, 2.45) is 5.73 Å². The van der Waals surface area contributed by atoms with E-state index < -0.39 is 0 Å². The molecule has 2 aromatic rings. The Labute approximate surface area is 111 Å². The number of amides is 1. The van der Waals surface area contributed by atoms with Crippen LogP contribution in [0, 0.1) is 6.92 Å². The summed E-state index contributed by atoms with van der Waals surface area (Å²) >= 11 is 0. The number of carbonyl (C=O) groups is 1. The van der Waals surface area contributed by atoms with Gasteiger partial charge in [-0.2, -0.15) is 0 Å². The smallest absolute Gasteiger partial charge is 0.259 e. The second kappa shape index (κ2) is 5.58. The highest BCUT2D eigenvalue weighted by Crippen LogP contribution is 2.26. The van der Waals surface area contributed by atoms with Crippen LogP contribution in [-0.4, -0.2) is 13.0 Å². The summed E-state index contributed by atoms with van der Waals surface area (Å²) in [7, 11) is 1.55. The topological polar surface area (TPSA) is 77.5 Å². The van der Waals surface area contributed by atoms with Crippen molar-refractivity contribution < 1.29 is 13.9 Å². The van der Waals surface area contributed by atoms with Gasteiger partial charge in [0, 0.05) is 6.54 Å². The Morgan fingerprint density at radius 1 is 1.42 bits per heavy atom. The molecule has 0 saturated carbocycles. The Hall–Kier alpha value is -2.27. The van der Waals surface area contributed by atoms with Crippen LogP contribution >= 0.6 is 0 Å². The third kappa shape index (κ3) is 2.95. The lowest BCUT2D eigenvalue weighted by Gasteiger charge is -2.10. The minimum Gasteiger partial charge on any atom is -0.495 e. The second-order valence-electron chi connectivity index (χ2n) is 4.14. The maximum atomic E-state index is 12.0. The zero-order valence-electron chi connectivity index (χ0n) is 10.9. The number of anilines is 1. The number of methoxy groups -OCH3 is 1. The fourth-order valence-electron chi connectivity index (χ4n) is 1.72. The second-order valence-corrected chi connectivity index (χ2v) is 4.14. The molecule has 0 aliphatic heterocycles. The molecule has 100 valence electrons. The van der Waals surface area contributed by atoms with Crippen molar-refractivity contribution in [2.45, 2.75) is 13.5 Å². The van der Waals surface area contributed by atoms with Gasteiger partial charge >= 0.3 is 0 Å². The minimum absolute atomic E-state index is 0.240. The average molecular weight is 260 g/mol. The van der Waals surface area contributed by atoms with Crippen LogP contribution in [0.25, 0.3) is 0 Å². The van der Waals surface area contributed by atoms with Crippen LogP contribution in [0.15, 0.2) is 34.9 Å². The molecule has 1 heterocycles. The van der Waals surface area contributed by atoms with Gasteiger partial charge in [-0.25, -0.2) is 0 Å². The van der Waals surface area contributed by atoms with Crippen molar-refractivity contribution in [3.05, 3.63) is 47.4 Å². The van der Waals surface area contributed by atoms with E-state index in [-0.39, 0.29) is 5.91 Å². The SMILES string of the molecule is COc1cc(CN)ccc1NC(=O)c1coc(C)c1. The molecule has 0 radical (unpaired) electrons. The van der Waals surface area contributed by atoms with E-state index in [0.29, 0.717) is 29.3 Å². The molecule has 19 heavy (non-hydrogen) atoms. The molecule has 0 aliphatic carbocycles. The van der Waals surface area contributed by atoms with Crippen LogP contribution < -0.4 is 15.8 Å². The van der Waals surface area contributed by atoms with Gasteiger partial charge in [0.2, 0.25) is 0 Å². The maximum Gasteiger partial charge on any atom is 0.259 e. The third-order valence-electron chi connectivity index (χ3n) is 2.74. The van der Waals surface area contributed by atoms with E-state index >= 15 is 0 Å². The van der Waals surface area contributed by atoms with Gasteiger partial charge in [0.25, 0.3) is 5.91 Å². The van der Waals surface area contributed by atoms with E-state index in [1.54, 1.807) is 32.2 Å². The van der Waals surface area contributed by atoms with Crippen LogP contribution in [0.2, 0.25) is 0 Å². The summed E-state index contributed by atoms with van der Waals surface area (Å²) < 4.78 is 10.3. The number of aryl methyl sites for hydroxylation is 1. The Bertz CT molecular complexity index is 590. The summed E-state index contributed by atoms with van der Waals surface area (Å²) in [6.07, 6.45) is 1.42. The Morgan fingerprint density at radius 2 is 2.21 bits per heavy atom. The van der Waals surface area contributed by atoms with E-state index in [0.717, 1.165) is 5.56 Å². The molecule has 3 N–H and O–H groups in total. The molecule has 1 aromatic carbocycles. The zero-order chi connectivity index (χ0) is 13.8. The van der Waals surface area contributed by atoms with Crippen molar-refractivity contribution in [1.29, 1.82) is 0 Å². The summed E-state index contributed by atoms with van der Waals surface area (Å²) in [6, 6.07) is 7.09. The normalized spacial score (nSPS) is 10.3. The van der Waals surface area contributed by atoms with E-state index in [4.69, 9.17) is 14.9 Å². The van der Waals surface area contributed by atoms with Gasteiger partial charge in [0.1, 0.15) is 17.8 Å². The van der Waals surface area contributed by atoms with Gasteiger partial charge in [-0.3, -0.25) is 4.79 Å². The Morgan fingerprint density at radius 3 is 2.79 bits per heavy atom.